The van der Waals surface area contributed by atoms with Gasteiger partial charge in [-0.1, -0.05) is 20.3 Å². The molecule has 1 N–H and O–H groups in total. The summed E-state index contributed by atoms with van der Waals surface area (Å²) in [5, 5.41) is 3.56. The molecule has 0 saturated carbocycles. The molecule has 0 radical (unpaired) electrons. The van der Waals surface area contributed by atoms with Crippen LogP contribution >= 0.6 is 0 Å². The molecule has 0 aromatic rings. The number of ether oxygens (including phenoxy) is 1. The van der Waals surface area contributed by atoms with Crippen molar-refractivity contribution in [3.8, 4) is 0 Å². The summed E-state index contributed by atoms with van der Waals surface area (Å²) in [6, 6.07) is 0. The van der Waals surface area contributed by atoms with Gasteiger partial charge in [-0.25, -0.2) is 4.79 Å². The van der Waals surface area contributed by atoms with Gasteiger partial charge in [-0.05, 0) is 71.4 Å². The fourth-order valence-corrected chi connectivity index (χ4v) is 3.04. The van der Waals surface area contributed by atoms with Crippen LogP contribution in [-0.2, 0) is 4.74 Å². The number of hydrogen-bond donors (Lipinski definition) is 1. The molecule has 2 atom stereocenters. The normalized spacial score (nSPS) is 20.8. The molecule has 1 saturated heterocycles. The van der Waals surface area contributed by atoms with Crippen LogP contribution in [0.15, 0.2) is 0 Å². The average molecular weight is 312 g/mol. The molecule has 1 rings (SSSR count). The summed E-state index contributed by atoms with van der Waals surface area (Å²) in [6.45, 7) is 14.2. The van der Waals surface area contributed by atoms with Crippen LogP contribution in [0.3, 0.4) is 0 Å². The summed E-state index contributed by atoms with van der Waals surface area (Å²) in [6.07, 6.45) is 5.88. The van der Waals surface area contributed by atoms with E-state index in [4.69, 9.17) is 4.74 Å². The first-order valence-electron chi connectivity index (χ1n) is 9.00. The number of carbonyl (C=O) groups excluding carboxylic acids is 1. The van der Waals surface area contributed by atoms with Crippen LogP contribution in [0.5, 0.6) is 0 Å². The summed E-state index contributed by atoms with van der Waals surface area (Å²) < 4.78 is 5.48. The maximum absolute atomic E-state index is 12.1. The third-order valence-corrected chi connectivity index (χ3v) is 4.17. The predicted octanol–water partition coefficient (Wildman–Crippen LogP) is 4.05. The highest BCUT2D eigenvalue weighted by Gasteiger charge is 2.27. The van der Waals surface area contributed by atoms with Gasteiger partial charge in [0.2, 0.25) is 0 Å². The third kappa shape index (κ3) is 8.02. The SMILES string of the molecule is CCCC(C)CNCCC1CCCN(C(=O)OC(C)(C)C)C1. The van der Waals surface area contributed by atoms with E-state index in [1.807, 2.05) is 25.7 Å². The Morgan fingerprint density at radius 1 is 1.41 bits per heavy atom. The highest BCUT2D eigenvalue weighted by atomic mass is 16.6. The van der Waals surface area contributed by atoms with Gasteiger partial charge in [-0.2, -0.15) is 0 Å². The summed E-state index contributed by atoms with van der Waals surface area (Å²) in [7, 11) is 0. The number of nitrogens with zero attached hydrogens (tertiary/aromatic N) is 1. The van der Waals surface area contributed by atoms with Crippen molar-refractivity contribution < 1.29 is 9.53 Å². The highest BCUT2D eigenvalue weighted by Crippen LogP contribution is 2.21. The van der Waals surface area contributed by atoms with Gasteiger partial charge in [0.25, 0.3) is 0 Å². The molecule has 4 nitrogen and oxygen atoms in total. The number of piperidine rings is 1. The zero-order chi connectivity index (χ0) is 16.6. The summed E-state index contributed by atoms with van der Waals surface area (Å²) in [5.41, 5.74) is -0.402. The first-order chi connectivity index (χ1) is 10.3. The van der Waals surface area contributed by atoms with Crippen molar-refractivity contribution in [1.82, 2.24) is 10.2 Å². The Morgan fingerprint density at radius 3 is 2.77 bits per heavy atom. The first kappa shape index (κ1) is 19.3. The highest BCUT2D eigenvalue weighted by molar-refractivity contribution is 5.68. The van der Waals surface area contributed by atoms with E-state index < -0.39 is 5.60 Å². The van der Waals surface area contributed by atoms with Gasteiger partial charge >= 0.3 is 6.09 Å². The topological polar surface area (TPSA) is 41.6 Å². The van der Waals surface area contributed by atoms with Crippen LogP contribution in [0.1, 0.15) is 66.7 Å². The summed E-state index contributed by atoms with van der Waals surface area (Å²) >= 11 is 0. The van der Waals surface area contributed by atoms with Gasteiger partial charge in [0.05, 0.1) is 0 Å². The van der Waals surface area contributed by atoms with Crippen LogP contribution in [0.2, 0.25) is 0 Å². The smallest absolute Gasteiger partial charge is 0.410 e. The number of likely N-dealkylation sites (tertiary alicyclic amines) is 1. The van der Waals surface area contributed by atoms with Crippen molar-refractivity contribution in [2.45, 2.75) is 72.3 Å². The maximum Gasteiger partial charge on any atom is 0.410 e. The molecule has 130 valence electrons. The molecule has 1 amide bonds. The zero-order valence-electron chi connectivity index (χ0n) is 15.3. The van der Waals surface area contributed by atoms with Crippen LogP contribution in [0.25, 0.3) is 0 Å². The number of amides is 1. The standard InChI is InChI=1S/C18H36N2O2/c1-6-8-15(2)13-19-11-10-16-9-7-12-20(14-16)17(21)22-18(3,4)5/h15-16,19H,6-14H2,1-5H3. The van der Waals surface area contributed by atoms with Crippen LogP contribution in [-0.4, -0.2) is 42.8 Å². The van der Waals surface area contributed by atoms with E-state index in [9.17, 15) is 4.79 Å². The quantitative estimate of drug-likeness (QED) is 0.721. The minimum atomic E-state index is -0.402. The van der Waals surface area contributed by atoms with Gasteiger partial charge in [-0.15, -0.1) is 0 Å². The molecule has 0 aliphatic carbocycles. The molecule has 0 spiro atoms. The van der Waals surface area contributed by atoms with Gasteiger partial charge < -0.3 is 15.0 Å². The molecule has 0 aromatic carbocycles. The predicted molar refractivity (Wildman–Crippen MR) is 92.1 cm³/mol. The van der Waals surface area contributed by atoms with Crippen LogP contribution in [0, 0.1) is 11.8 Å². The molecule has 1 fully saturated rings. The number of carbonyl (C=O) groups is 1. The lowest BCUT2D eigenvalue weighted by molar-refractivity contribution is 0.0162. The monoisotopic (exact) mass is 312 g/mol. The van der Waals surface area contributed by atoms with E-state index in [0.29, 0.717) is 5.92 Å². The Hall–Kier alpha value is -0.770. The zero-order valence-corrected chi connectivity index (χ0v) is 15.3. The van der Waals surface area contributed by atoms with Crippen molar-refractivity contribution >= 4 is 6.09 Å². The summed E-state index contributed by atoms with van der Waals surface area (Å²) in [5.74, 6) is 1.37. The summed E-state index contributed by atoms with van der Waals surface area (Å²) in [4.78, 5) is 14.0. The molecule has 2 unspecified atom stereocenters. The van der Waals surface area contributed by atoms with Crippen LogP contribution < -0.4 is 5.32 Å². The second kappa shape index (κ2) is 9.39. The van der Waals surface area contributed by atoms with E-state index in [0.717, 1.165) is 44.9 Å². The second-order valence-electron chi connectivity index (χ2n) is 7.82. The first-order valence-corrected chi connectivity index (χ1v) is 9.00. The van der Waals surface area contributed by atoms with Crippen molar-refractivity contribution in [2.24, 2.45) is 11.8 Å². The molecule has 4 heteroatoms. The largest absolute Gasteiger partial charge is 0.444 e. The maximum atomic E-state index is 12.1. The van der Waals surface area contributed by atoms with Gasteiger partial charge in [0, 0.05) is 13.1 Å². The van der Waals surface area contributed by atoms with E-state index in [-0.39, 0.29) is 6.09 Å². The lowest BCUT2D eigenvalue weighted by Gasteiger charge is -2.34. The van der Waals surface area contributed by atoms with Crippen molar-refractivity contribution in [2.75, 3.05) is 26.2 Å². The number of rotatable bonds is 7. The lowest BCUT2D eigenvalue weighted by atomic mass is 9.95. The van der Waals surface area contributed by atoms with Gasteiger partial charge in [0.1, 0.15) is 5.60 Å². The van der Waals surface area contributed by atoms with E-state index in [2.05, 4.69) is 19.2 Å². The van der Waals surface area contributed by atoms with E-state index in [1.165, 1.54) is 19.3 Å². The Balaban J connectivity index is 2.24. The molecule has 1 aliphatic heterocycles. The molecule has 22 heavy (non-hydrogen) atoms. The minimum absolute atomic E-state index is 0.151. The number of hydrogen-bond acceptors (Lipinski definition) is 3. The minimum Gasteiger partial charge on any atom is -0.444 e. The average Bonchev–Trinajstić information content (AvgIpc) is 2.42. The Kier molecular flexibility index (Phi) is 8.23. The van der Waals surface area contributed by atoms with E-state index >= 15 is 0 Å². The molecular weight excluding hydrogens is 276 g/mol. The van der Waals surface area contributed by atoms with Crippen LogP contribution in [0.4, 0.5) is 4.79 Å². The van der Waals surface area contributed by atoms with Crippen molar-refractivity contribution in [3.63, 3.8) is 0 Å². The van der Waals surface area contributed by atoms with Gasteiger partial charge in [0.15, 0.2) is 0 Å². The molecular formula is C18H36N2O2. The van der Waals surface area contributed by atoms with E-state index in [1.54, 1.807) is 0 Å². The Morgan fingerprint density at radius 2 is 2.14 bits per heavy atom. The fourth-order valence-electron chi connectivity index (χ4n) is 3.04. The molecule has 1 heterocycles. The Labute approximate surface area is 137 Å². The van der Waals surface area contributed by atoms with Gasteiger partial charge in [-0.3, -0.25) is 0 Å². The fraction of sp³-hybridized carbons (Fsp3) is 0.944. The third-order valence-electron chi connectivity index (χ3n) is 4.17. The lowest BCUT2D eigenvalue weighted by Crippen LogP contribution is -2.43. The Bertz CT molecular complexity index is 326. The molecule has 0 bridgehead atoms. The number of nitrogens with one attached hydrogen (secondary N) is 1. The molecule has 1 aliphatic rings. The molecule has 0 aromatic heterocycles. The van der Waals surface area contributed by atoms with Crippen molar-refractivity contribution in [1.29, 1.82) is 0 Å². The van der Waals surface area contributed by atoms with Crippen molar-refractivity contribution in [3.05, 3.63) is 0 Å². The second-order valence-corrected chi connectivity index (χ2v) is 7.82.